The Hall–Kier alpha value is -2.01. The molecule has 0 aliphatic heterocycles. The molecule has 0 saturated carbocycles. The highest BCUT2D eigenvalue weighted by atomic mass is 35.5. The lowest BCUT2D eigenvalue weighted by molar-refractivity contribution is 0.101. The minimum absolute atomic E-state index is 0.226. The second-order valence-electron chi connectivity index (χ2n) is 4.19. The summed E-state index contributed by atoms with van der Waals surface area (Å²) in [6.45, 7) is 1.99. The van der Waals surface area contributed by atoms with Crippen LogP contribution in [-0.2, 0) is 13.5 Å². The molecule has 1 aromatic heterocycles. The van der Waals surface area contributed by atoms with Gasteiger partial charge in [0.1, 0.15) is 5.69 Å². The molecule has 2 rings (SSSR count). The third-order valence-electron chi connectivity index (χ3n) is 2.78. The fourth-order valence-electron chi connectivity index (χ4n) is 1.73. The van der Waals surface area contributed by atoms with Crippen LogP contribution < -0.4 is 11.1 Å². The first-order valence-electron chi connectivity index (χ1n) is 5.90. The summed E-state index contributed by atoms with van der Waals surface area (Å²) in [5.41, 5.74) is 8.11. The largest absolute Gasteiger partial charge is 0.397 e. The van der Waals surface area contributed by atoms with Crippen LogP contribution in [0.3, 0.4) is 0 Å². The molecule has 1 heterocycles. The maximum absolute atomic E-state index is 12.1. The Labute approximate surface area is 116 Å². The van der Waals surface area contributed by atoms with Crippen molar-refractivity contribution < 1.29 is 4.79 Å². The first-order chi connectivity index (χ1) is 9.01. The number of nitrogen functional groups attached to an aromatic ring is 1. The van der Waals surface area contributed by atoms with E-state index in [2.05, 4.69) is 10.4 Å². The Morgan fingerprint density at radius 1 is 1.47 bits per heavy atom. The van der Waals surface area contributed by atoms with Crippen LogP contribution in [0.4, 0.5) is 11.4 Å². The summed E-state index contributed by atoms with van der Waals surface area (Å²) in [5.74, 6) is -0.226. The number of halogens is 1. The van der Waals surface area contributed by atoms with E-state index in [4.69, 9.17) is 17.3 Å². The zero-order valence-corrected chi connectivity index (χ0v) is 11.5. The SMILES string of the molecule is CCc1cc(C(=O)Nc2ccc(Cl)c(N)c2)n(C)n1. The van der Waals surface area contributed by atoms with Gasteiger partial charge >= 0.3 is 0 Å². The molecule has 0 atom stereocenters. The number of nitrogens with two attached hydrogens (primary N) is 1. The van der Waals surface area contributed by atoms with Gasteiger partial charge in [-0.3, -0.25) is 9.48 Å². The van der Waals surface area contributed by atoms with Crippen molar-refractivity contribution in [1.29, 1.82) is 0 Å². The first-order valence-corrected chi connectivity index (χ1v) is 6.28. The Morgan fingerprint density at radius 3 is 2.79 bits per heavy atom. The molecule has 2 aromatic rings. The van der Waals surface area contributed by atoms with Gasteiger partial charge in [-0.15, -0.1) is 0 Å². The van der Waals surface area contributed by atoms with Crippen molar-refractivity contribution >= 4 is 28.9 Å². The number of hydrogen-bond acceptors (Lipinski definition) is 3. The van der Waals surface area contributed by atoms with E-state index >= 15 is 0 Å². The summed E-state index contributed by atoms with van der Waals surface area (Å²) >= 11 is 5.83. The number of aryl methyl sites for hydroxylation is 2. The molecule has 1 aromatic carbocycles. The highest BCUT2D eigenvalue weighted by Gasteiger charge is 2.13. The van der Waals surface area contributed by atoms with E-state index in [0.29, 0.717) is 22.1 Å². The lowest BCUT2D eigenvalue weighted by Crippen LogP contribution is -2.16. The molecule has 0 spiro atoms. The fourth-order valence-corrected chi connectivity index (χ4v) is 1.85. The maximum atomic E-state index is 12.1. The van der Waals surface area contributed by atoms with Crippen molar-refractivity contribution in [1.82, 2.24) is 9.78 Å². The smallest absolute Gasteiger partial charge is 0.273 e. The highest BCUT2D eigenvalue weighted by Crippen LogP contribution is 2.22. The average Bonchev–Trinajstić information content (AvgIpc) is 2.75. The Kier molecular flexibility index (Phi) is 3.76. The minimum Gasteiger partial charge on any atom is -0.397 e. The second kappa shape index (κ2) is 5.32. The minimum atomic E-state index is -0.226. The van der Waals surface area contributed by atoms with Gasteiger partial charge in [-0.05, 0) is 30.7 Å². The predicted molar refractivity (Wildman–Crippen MR) is 76.4 cm³/mol. The van der Waals surface area contributed by atoms with Crippen molar-refractivity contribution in [3.8, 4) is 0 Å². The molecule has 0 aliphatic rings. The number of amides is 1. The molecule has 100 valence electrons. The molecule has 5 nitrogen and oxygen atoms in total. The summed E-state index contributed by atoms with van der Waals surface area (Å²) in [4.78, 5) is 12.1. The van der Waals surface area contributed by atoms with Crippen molar-refractivity contribution in [2.45, 2.75) is 13.3 Å². The third kappa shape index (κ3) is 2.88. The fraction of sp³-hybridized carbons (Fsp3) is 0.231. The molecule has 0 saturated heterocycles. The lowest BCUT2D eigenvalue weighted by Gasteiger charge is -2.06. The van der Waals surface area contributed by atoms with Gasteiger partial charge < -0.3 is 11.1 Å². The number of nitrogens with zero attached hydrogens (tertiary/aromatic N) is 2. The van der Waals surface area contributed by atoms with Gasteiger partial charge in [0.05, 0.1) is 16.4 Å². The third-order valence-corrected chi connectivity index (χ3v) is 3.12. The van der Waals surface area contributed by atoms with Crippen LogP contribution in [0.5, 0.6) is 0 Å². The molecule has 0 radical (unpaired) electrons. The molecular formula is C13H15ClN4O. The van der Waals surface area contributed by atoms with Gasteiger partial charge in [0.15, 0.2) is 0 Å². The van der Waals surface area contributed by atoms with E-state index in [1.807, 2.05) is 6.92 Å². The Balaban J connectivity index is 2.20. The maximum Gasteiger partial charge on any atom is 0.273 e. The number of aromatic nitrogens is 2. The average molecular weight is 279 g/mol. The van der Waals surface area contributed by atoms with Gasteiger partial charge in [0, 0.05) is 12.7 Å². The molecule has 0 fully saturated rings. The van der Waals surface area contributed by atoms with Gasteiger partial charge in [-0.2, -0.15) is 5.10 Å². The van der Waals surface area contributed by atoms with E-state index in [1.54, 1.807) is 36.0 Å². The molecule has 1 amide bonds. The summed E-state index contributed by atoms with van der Waals surface area (Å²) in [6.07, 6.45) is 0.787. The molecule has 19 heavy (non-hydrogen) atoms. The van der Waals surface area contributed by atoms with Crippen molar-refractivity contribution in [3.63, 3.8) is 0 Å². The van der Waals surface area contributed by atoms with Gasteiger partial charge in [-0.25, -0.2) is 0 Å². The zero-order chi connectivity index (χ0) is 14.0. The number of benzene rings is 1. The molecule has 0 unspecified atom stereocenters. The first kappa shape index (κ1) is 13.4. The molecule has 6 heteroatoms. The van der Waals surface area contributed by atoms with Crippen molar-refractivity contribution in [3.05, 3.63) is 40.7 Å². The van der Waals surface area contributed by atoms with Gasteiger partial charge in [0.2, 0.25) is 0 Å². The number of hydrogen-bond donors (Lipinski definition) is 2. The Morgan fingerprint density at radius 2 is 2.21 bits per heavy atom. The summed E-state index contributed by atoms with van der Waals surface area (Å²) in [5, 5.41) is 7.46. The van der Waals surface area contributed by atoms with Crippen molar-refractivity contribution in [2.24, 2.45) is 7.05 Å². The summed E-state index contributed by atoms with van der Waals surface area (Å²) < 4.78 is 1.56. The van der Waals surface area contributed by atoms with Crippen molar-refractivity contribution in [2.75, 3.05) is 11.1 Å². The summed E-state index contributed by atoms with van der Waals surface area (Å²) in [6, 6.07) is 6.74. The van der Waals surface area contributed by atoms with Crippen LogP contribution in [0.15, 0.2) is 24.3 Å². The van der Waals surface area contributed by atoms with E-state index in [-0.39, 0.29) is 5.91 Å². The number of anilines is 2. The van der Waals surface area contributed by atoms with E-state index in [1.165, 1.54) is 0 Å². The van der Waals surface area contributed by atoms with Crippen LogP contribution in [0, 0.1) is 0 Å². The van der Waals surface area contributed by atoms with E-state index < -0.39 is 0 Å². The lowest BCUT2D eigenvalue weighted by atomic mass is 10.2. The molecule has 0 aliphatic carbocycles. The van der Waals surface area contributed by atoms with Crippen LogP contribution in [0.2, 0.25) is 5.02 Å². The van der Waals surface area contributed by atoms with Crippen LogP contribution in [-0.4, -0.2) is 15.7 Å². The highest BCUT2D eigenvalue weighted by molar-refractivity contribution is 6.33. The molecule has 3 N–H and O–H groups in total. The second-order valence-corrected chi connectivity index (χ2v) is 4.60. The van der Waals surface area contributed by atoms with Gasteiger partial charge in [-0.1, -0.05) is 18.5 Å². The van der Waals surface area contributed by atoms with Crippen LogP contribution in [0.25, 0.3) is 0 Å². The number of carbonyl (C=O) groups excluding carboxylic acids is 1. The Bertz CT molecular complexity index is 621. The standard InChI is InChI=1S/C13H15ClN4O/c1-3-8-7-12(18(2)17-8)13(19)16-9-4-5-10(14)11(15)6-9/h4-7H,3,15H2,1-2H3,(H,16,19). The number of rotatable bonds is 3. The predicted octanol–water partition coefficient (Wildman–Crippen LogP) is 2.47. The van der Waals surface area contributed by atoms with E-state index in [0.717, 1.165) is 12.1 Å². The topological polar surface area (TPSA) is 72.9 Å². The number of nitrogens with one attached hydrogen (secondary N) is 1. The van der Waals surface area contributed by atoms with E-state index in [9.17, 15) is 4.79 Å². The monoisotopic (exact) mass is 278 g/mol. The van der Waals surface area contributed by atoms with Crippen LogP contribution >= 0.6 is 11.6 Å². The summed E-state index contributed by atoms with van der Waals surface area (Å²) in [7, 11) is 1.74. The quantitative estimate of drug-likeness (QED) is 0.847. The van der Waals surface area contributed by atoms with Gasteiger partial charge in [0.25, 0.3) is 5.91 Å². The normalized spacial score (nSPS) is 10.5. The van der Waals surface area contributed by atoms with Crippen LogP contribution in [0.1, 0.15) is 23.1 Å². The zero-order valence-electron chi connectivity index (χ0n) is 10.8. The molecule has 0 bridgehead atoms. The number of carbonyl (C=O) groups is 1. The molecular weight excluding hydrogens is 264 g/mol.